The summed E-state index contributed by atoms with van der Waals surface area (Å²) in [7, 11) is 1.53. The topological polar surface area (TPSA) is 95.7 Å². The predicted molar refractivity (Wildman–Crippen MR) is 110 cm³/mol. The first-order valence-electron chi connectivity index (χ1n) is 10.7. The normalized spacial score (nSPS) is 27.0. The zero-order chi connectivity index (χ0) is 22.4. The van der Waals surface area contributed by atoms with Crippen LogP contribution in [0.25, 0.3) is 11.0 Å². The predicted octanol–water partition coefficient (Wildman–Crippen LogP) is 2.60. The van der Waals surface area contributed by atoms with Gasteiger partial charge in [-0.3, -0.25) is 0 Å². The summed E-state index contributed by atoms with van der Waals surface area (Å²) in [4.78, 5) is 15.7. The number of hydrogen-bond donors (Lipinski definition) is 0. The average Bonchev–Trinajstić information content (AvgIpc) is 3.48. The van der Waals surface area contributed by atoms with Gasteiger partial charge in [-0.15, -0.1) is 0 Å². The zero-order valence-electron chi connectivity index (χ0n) is 18.2. The van der Waals surface area contributed by atoms with Gasteiger partial charge in [-0.1, -0.05) is 5.16 Å². The van der Waals surface area contributed by atoms with E-state index in [2.05, 4.69) is 5.16 Å². The number of methoxy groups -OCH3 is 1. The molecular weight excluding hydrogens is 425 g/mol. The minimum atomic E-state index is -0.736. The van der Waals surface area contributed by atoms with Crippen molar-refractivity contribution >= 4 is 28.6 Å². The van der Waals surface area contributed by atoms with E-state index in [9.17, 15) is 4.79 Å². The molecule has 4 heterocycles. The molecular formula is C21H26FN3O7. The van der Waals surface area contributed by atoms with Crippen molar-refractivity contribution in [3.63, 3.8) is 0 Å². The van der Waals surface area contributed by atoms with Gasteiger partial charge in [0.2, 0.25) is 5.58 Å². The maximum atomic E-state index is 16.0. The van der Waals surface area contributed by atoms with Crippen molar-refractivity contribution in [1.82, 2.24) is 5.16 Å². The summed E-state index contributed by atoms with van der Waals surface area (Å²) in [5, 5.41) is 4.38. The number of nitrogens with zero attached hydrogens (tertiary/aromatic N) is 3. The molecule has 3 aliphatic rings. The Bertz CT molecular complexity index is 999. The lowest BCUT2D eigenvalue weighted by atomic mass is 10.0. The van der Waals surface area contributed by atoms with Crippen LogP contribution in [-0.2, 0) is 23.7 Å². The number of rotatable bonds is 5. The monoisotopic (exact) mass is 451 g/mol. The highest BCUT2D eigenvalue weighted by Gasteiger charge is 2.39. The Morgan fingerprint density at radius 1 is 1.22 bits per heavy atom. The van der Waals surface area contributed by atoms with Gasteiger partial charge in [0.1, 0.15) is 6.61 Å². The third-order valence-corrected chi connectivity index (χ3v) is 5.85. The van der Waals surface area contributed by atoms with E-state index in [0.29, 0.717) is 42.9 Å². The van der Waals surface area contributed by atoms with Gasteiger partial charge in [0, 0.05) is 25.8 Å². The van der Waals surface area contributed by atoms with Crippen LogP contribution in [0.15, 0.2) is 10.6 Å². The molecule has 3 atom stereocenters. The Labute approximate surface area is 184 Å². The number of morpholine rings is 1. The van der Waals surface area contributed by atoms with Crippen LogP contribution in [0.2, 0.25) is 0 Å². The SMILES string of the molecule is COCC1COC(=O)N1c1noc2c(F)c(N3CC(C)OC(C)C3)c(C3OCCO3)cc12. The fourth-order valence-electron chi connectivity index (χ4n) is 4.64. The third-order valence-electron chi connectivity index (χ3n) is 5.85. The molecule has 11 heteroatoms. The van der Waals surface area contributed by atoms with E-state index in [1.165, 1.54) is 12.0 Å². The molecule has 3 aliphatic heterocycles. The Balaban J connectivity index is 1.64. The van der Waals surface area contributed by atoms with Crippen molar-refractivity contribution < 1.29 is 37.4 Å². The molecule has 0 spiro atoms. The standard InChI is InChI=1S/C21H26FN3O7/c1-11-7-24(8-12(2)31-11)17-14(20-28-4-5-29-20)6-15-18(16(17)22)32-23-19(15)25-13(9-27-3)10-30-21(25)26/h6,11-13,20H,4-5,7-10H2,1-3H3. The average molecular weight is 451 g/mol. The first kappa shape index (κ1) is 21.4. The zero-order valence-corrected chi connectivity index (χ0v) is 18.2. The number of hydrogen-bond acceptors (Lipinski definition) is 9. The van der Waals surface area contributed by atoms with Gasteiger partial charge in [0.05, 0.1) is 49.1 Å². The number of carbonyl (C=O) groups excluding carboxylic acids is 1. The number of cyclic esters (lactones) is 1. The fraction of sp³-hybridized carbons (Fsp3) is 0.619. The van der Waals surface area contributed by atoms with Gasteiger partial charge in [0.15, 0.2) is 17.9 Å². The summed E-state index contributed by atoms with van der Waals surface area (Å²) in [6.07, 6.45) is -1.48. The van der Waals surface area contributed by atoms with Gasteiger partial charge in [-0.25, -0.2) is 14.1 Å². The Morgan fingerprint density at radius 3 is 2.62 bits per heavy atom. The molecule has 1 aromatic heterocycles. The second kappa shape index (κ2) is 8.47. The molecule has 5 rings (SSSR count). The minimum Gasteiger partial charge on any atom is -0.447 e. The van der Waals surface area contributed by atoms with Gasteiger partial charge >= 0.3 is 6.09 Å². The molecule has 2 aromatic rings. The van der Waals surface area contributed by atoms with Crippen LogP contribution in [0.5, 0.6) is 0 Å². The number of fused-ring (bicyclic) bond motifs is 1. The summed E-state index contributed by atoms with van der Waals surface area (Å²) >= 11 is 0. The lowest BCUT2D eigenvalue weighted by Gasteiger charge is -2.38. The van der Waals surface area contributed by atoms with Gasteiger partial charge in [-0.05, 0) is 19.9 Å². The smallest absolute Gasteiger partial charge is 0.416 e. The van der Waals surface area contributed by atoms with Gasteiger partial charge in [0.25, 0.3) is 0 Å². The number of halogens is 1. The molecule has 10 nitrogen and oxygen atoms in total. The van der Waals surface area contributed by atoms with Crippen molar-refractivity contribution in [2.45, 2.75) is 38.4 Å². The van der Waals surface area contributed by atoms with E-state index in [-0.39, 0.29) is 36.8 Å². The van der Waals surface area contributed by atoms with Crippen LogP contribution in [0.4, 0.5) is 20.7 Å². The summed E-state index contributed by atoms with van der Waals surface area (Å²) in [5.74, 6) is -0.398. The number of aromatic nitrogens is 1. The Hall–Kier alpha value is -2.47. The second-order valence-corrected chi connectivity index (χ2v) is 8.30. The van der Waals surface area contributed by atoms with Crippen molar-refractivity contribution in [3.8, 4) is 0 Å². The van der Waals surface area contributed by atoms with Crippen LogP contribution in [0.1, 0.15) is 25.7 Å². The highest BCUT2D eigenvalue weighted by molar-refractivity contribution is 6.01. The molecule has 0 aliphatic carbocycles. The van der Waals surface area contributed by atoms with E-state index in [4.69, 9.17) is 28.2 Å². The lowest BCUT2D eigenvalue weighted by molar-refractivity contribution is -0.0445. The van der Waals surface area contributed by atoms with Crippen LogP contribution >= 0.6 is 0 Å². The van der Waals surface area contributed by atoms with E-state index in [0.717, 1.165) is 0 Å². The number of carbonyl (C=O) groups is 1. The van der Waals surface area contributed by atoms with E-state index >= 15 is 4.39 Å². The molecule has 3 fully saturated rings. The van der Waals surface area contributed by atoms with Crippen LogP contribution in [-0.4, -0.2) is 76.1 Å². The van der Waals surface area contributed by atoms with Gasteiger partial charge in [-0.2, -0.15) is 0 Å². The van der Waals surface area contributed by atoms with Crippen molar-refractivity contribution in [1.29, 1.82) is 0 Å². The molecule has 1 aromatic carbocycles. The number of ether oxygens (including phenoxy) is 5. The first-order valence-corrected chi connectivity index (χ1v) is 10.7. The molecule has 0 N–H and O–H groups in total. The maximum absolute atomic E-state index is 16.0. The van der Waals surface area contributed by atoms with Crippen LogP contribution in [0, 0.1) is 5.82 Å². The Kier molecular flexibility index (Phi) is 5.66. The van der Waals surface area contributed by atoms with Crippen LogP contribution in [0.3, 0.4) is 0 Å². The molecule has 0 saturated carbocycles. The molecule has 0 radical (unpaired) electrons. The molecule has 32 heavy (non-hydrogen) atoms. The molecule has 174 valence electrons. The first-order chi connectivity index (χ1) is 15.5. The maximum Gasteiger partial charge on any atom is 0.416 e. The summed E-state index contributed by atoms with van der Waals surface area (Å²) in [6.45, 7) is 6.10. The van der Waals surface area contributed by atoms with E-state index in [1.54, 1.807) is 6.07 Å². The minimum absolute atomic E-state index is 0.0422. The van der Waals surface area contributed by atoms with E-state index < -0.39 is 24.2 Å². The number of amides is 1. The third kappa shape index (κ3) is 3.58. The Morgan fingerprint density at radius 2 is 1.94 bits per heavy atom. The second-order valence-electron chi connectivity index (χ2n) is 8.30. The van der Waals surface area contributed by atoms with Crippen LogP contribution < -0.4 is 9.80 Å². The van der Waals surface area contributed by atoms with E-state index in [1.807, 2.05) is 18.7 Å². The highest BCUT2D eigenvalue weighted by Crippen LogP contribution is 2.42. The summed E-state index contributed by atoms with van der Waals surface area (Å²) in [6, 6.07) is 1.34. The number of benzene rings is 1. The molecule has 0 bridgehead atoms. The van der Waals surface area contributed by atoms with Crippen molar-refractivity contribution in [2.24, 2.45) is 0 Å². The van der Waals surface area contributed by atoms with Crippen molar-refractivity contribution in [2.75, 3.05) is 56.4 Å². The quantitative estimate of drug-likeness (QED) is 0.680. The highest BCUT2D eigenvalue weighted by atomic mass is 19.1. The molecule has 3 unspecified atom stereocenters. The van der Waals surface area contributed by atoms with Gasteiger partial charge < -0.3 is 33.1 Å². The largest absolute Gasteiger partial charge is 0.447 e. The molecule has 1 amide bonds. The lowest BCUT2D eigenvalue weighted by Crippen LogP contribution is -2.46. The fourth-order valence-corrected chi connectivity index (χ4v) is 4.64. The van der Waals surface area contributed by atoms with Crippen molar-refractivity contribution in [3.05, 3.63) is 17.4 Å². The number of anilines is 2. The molecule has 3 saturated heterocycles. The summed E-state index contributed by atoms with van der Waals surface area (Å²) in [5.41, 5.74) is 0.819. The summed E-state index contributed by atoms with van der Waals surface area (Å²) < 4.78 is 49.0.